The molecule has 7 nitrogen and oxygen atoms in total. The minimum Gasteiger partial charge on any atom is -0.396 e. The maximum Gasteiger partial charge on any atom is 0.277 e. The highest BCUT2D eigenvalue weighted by Crippen LogP contribution is 2.34. The molecule has 2 atom stereocenters. The zero-order chi connectivity index (χ0) is 13.4. The highest BCUT2D eigenvalue weighted by molar-refractivity contribution is 5.70. The van der Waals surface area contributed by atoms with E-state index in [0.717, 1.165) is 25.8 Å². The molecule has 1 aliphatic heterocycles. The van der Waals surface area contributed by atoms with Crippen molar-refractivity contribution in [1.29, 1.82) is 0 Å². The molecule has 2 unspecified atom stereocenters. The van der Waals surface area contributed by atoms with E-state index in [1.807, 2.05) is 4.90 Å². The zero-order valence-corrected chi connectivity index (χ0v) is 10.7. The molecule has 0 bridgehead atoms. The number of hydrogen-bond acceptors (Lipinski definition) is 6. The second-order valence-electron chi connectivity index (χ2n) is 5.34. The second-order valence-corrected chi connectivity index (χ2v) is 5.34. The largest absolute Gasteiger partial charge is 0.396 e. The average molecular weight is 265 g/mol. The van der Waals surface area contributed by atoms with E-state index < -0.39 is 0 Å². The van der Waals surface area contributed by atoms with Gasteiger partial charge in [-0.2, -0.15) is 4.98 Å². The monoisotopic (exact) mass is 265 g/mol. The Labute approximate surface area is 110 Å². The van der Waals surface area contributed by atoms with E-state index in [1.54, 1.807) is 0 Å². The third kappa shape index (κ3) is 2.14. The first-order valence-electron chi connectivity index (χ1n) is 6.68. The number of nitrogens with one attached hydrogen (secondary N) is 2. The van der Waals surface area contributed by atoms with Crippen LogP contribution in [0.25, 0.3) is 0 Å². The van der Waals surface area contributed by atoms with Crippen LogP contribution in [0.4, 0.5) is 17.5 Å². The van der Waals surface area contributed by atoms with Crippen molar-refractivity contribution >= 4 is 17.5 Å². The van der Waals surface area contributed by atoms with Gasteiger partial charge in [0.2, 0.25) is 5.95 Å². The van der Waals surface area contributed by atoms with Crippen LogP contribution in [0.2, 0.25) is 0 Å². The molecule has 2 heterocycles. The first-order valence-corrected chi connectivity index (χ1v) is 6.68. The van der Waals surface area contributed by atoms with E-state index in [1.165, 1.54) is 0 Å². The summed E-state index contributed by atoms with van der Waals surface area (Å²) in [7, 11) is 0. The number of nitrogens with zero attached hydrogens (tertiary/aromatic N) is 2. The lowest BCUT2D eigenvalue weighted by molar-refractivity contribution is 0.196. The maximum absolute atomic E-state index is 11.7. The Morgan fingerprint density at radius 1 is 1.42 bits per heavy atom. The van der Waals surface area contributed by atoms with Gasteiger partial charge in [-0.05, 0) is 24.7 Å². The van der Waals surface area contributed by atoms with Gasteiger partial charge in [0, 0.05) is 13.2 Å². The summed E-state index contributed by atoms with van der Waals surface area (Å²) < 4.78 is 0. The van der Waals surface area contributed by atoms with Crippen LogP contribution in [0.15, 0.2) is 4.79 Å². The number of fused-ring (bicyclic) bond motifs is 1. The van der Waals surface area contributed by atoms with Crippen molar-refractivity contribution in [3.8, 4) is 0 Å². The molecule has 1 saturated carbocycles. The van der Waals surface area contributed by atoms with Crippen molar-refractivity contribution in [1.82, 2.24) is 9.97 Å². The number of H-pyrrole nitrogens is 1. The molecule has 5 N–H and O–H groups in total. The number of nitrogen functional groups attached to an aromatic ring is 1. The average Bonchev–Trinajstić information content (AvgIpc) is 2.97. The molecule has 1 aromatic heterocycles. The molecular formula is C12H19N5O2. The van der Waals surface area contributed by atoms with Gasteiger partial charge in [-0.25, -0.2) is 0 Å². The number of aliphatic hydroxyl groups is 1. The number of anilines is 3. The lowest BCUT2D eigenvalue weighted by Crippen LogP contribution is -2.32. The minimum atomic E-state index is -0.227. The predicted octanol–water partition coefficient (Wildman–Crippen LogP) is -0.0499. The van der Waals surface area contributed by atoms with Crippen LogP contribution in [0.3, 0.4) is 0 Å². The van der Waals surface area contributed by atoms with E-state index in [9.17, 15) is 9.90 Å². The van der Waals surface area contributed by atoms with Crippen molar-refractivity contribution in [2.75, 3.05) is 35.8 Å². The Bertz CT molecular complexity index is 529. The molecule has 7 heteroatoms. The van der Waals surface area contributed by atoms with Crippen molar-refractivity contribution in [3.63, 3.8) is 0 Å². The van der Waals surface area contributed by atoms with Crippen LogP contribution in [0.5, 0.6) is 0 Å². The Kier molecular flexibility index (Phi) is 3.06. The van der Waals surface area contributed by atoms with Crippen LogP contribution in [-0.2, 0) is 0 Å². The molecule has 3 rings (SSSR count). The van der Waals surface area contributed by atoms with Crippen LogP contribution in [-0.4, -0.2) is 34.9 Å². The van der Waals surface area contributed by atoms with Gasteiger partial charge in [-0.3, -0.25) is 9.78 Å². The molecule has 0 spiro atoms. The topological polar surface area (TPSA) is 107 Å². The standard InChI is InChI=1S/C12H19N5O2/c13-12-15-10-9(11(19)16-12)14-6-17(10)4-7-2-1-3-8(7)5-18/h7-8,14,18H,1-6H2,(H3,13,15,16,19). The van der Waals surface area contributed by atoms with Gasteiger partial charge in [0.15, 0.2) is 5.82 Å². The molecule has 0 saturated heterocycles. The normalized spacial score (nSPS) is 25.4. The SMILES string of the molecule is Nc1nc2c(c(=O)[nH]1)NCN2CC1CCCC1CO. The Hall–Kier alpha value is -1.76. The minimum absolute atomic E-state index is 0.141. The number of aromatic amines is 1. The van der Waals surface area contributed by atoms with Gasteiger partial charge in [0.05, 0.1) is 6.67 Å². The first-order chi connectivity index (χ1) is 9.19. The van der Waals surface area contributed by atoms with Crippen molar-refractivity contribution in [2.24, 2.45) is 11.8 Å². The summed E-state index contributed by atoms with van der Waals surface area (Å²) in [5.41, 5.74) is 5.86. The van der Waals surface area contributed by atoms with Gasteiger partial charge in [0.25, 0.3) is 5.56 Å². The zero-order valence-electron chi connectivity index (χ0n) is 10.7. The third-order valence-electron chi connectivity index (χ3n) is 4.17. The number of rotatable bonds is 3. The quantitative estimate of drug-likeness (QED) is 0.610. The number of aromatic nitrogens is 2. The molecule has 104 valence electrons. The predicted molar refractivity (Wildman–Crippen MR) is 73.0 cm³/mol. The first kappa shape index (κ1) is 12.3. The fourth-order valence-corrected chi connectivity index (χ4v) is 3.14. The number of aliphatic hydroxyl groups excluding tert-OH is 1. The van der Waals surface area contributed by atoms with E-state index in [4.69, 9.17) is 5.73 Å². The fourth-order valence-electron chi connectivity index (χ4n) is 3.14. The smallest absolute Gasteiger partial charge is 0.277 e. The Balaban J connectivity index is 1.81. The second kappa shape index (κ2) is 4.73. The lowest BCUT2D eigenvalue weighted by Gasteiger charge is -2.24. The van der Waals surface area contributed by atoms with Crippen molar-refractivity contribution in [3.05, 3.63) is 10.4 Å². The van der Waals surface area contributed by atoms with E-state index in [0.29, 0.717) is 30.0 Å². The summed E-state index contributed by atoms with van der Waals surface area (Å²) in [4.78, 5) is 20.5. The molecule has 1 fully saturated rings. The van der Waals surface area contributed by atoms with Gasteiger partial charge >= 0.3 is 0 Å². The van der Waals surface area contributed by atoms with Gasteiger partial charge in [0.1, 0.15) is 5.69 Å². The molecule has 19 heavy (non-hydrogen) atoms. The summed E-state index contributed by atoms with van der Waals surface area (Å²) in [6.07, 6.45) is 3.37. The molecular weight excluding hydrogens is 246 g/mol. The third-order valence-corrected chi connectivity index (χ3v) is 4.17. The molecule has 1 aromatic rings. The summed E-state index contributed by atoms with van der Waals surface area (Å²) in [5, 5.41) is 12.4. The van der Waals surface area contributed by atoms with E-state index >= 15 is 0 Å². The highest BCUT2D eigenvalue weighted by atomic mass is 16.3. The van der Waals surface area contributed by atoms with E-state index in [2.05, 4.69) is 15.3 Å². The highest BCUT2D eigenvalue weighted by Gasteiger charge is 2.31. The molecule has 0 aromatic carbocycles. The van der Waals surface area contributed by atoms with Gasteiger partial charge in [-0.15, -0.1) is 0 Å². The van der Waals surface area contributed by atoms with Crippen LogP contribution in [0, 0.1) is 11.8 Å². The molecule has 0 amide bonds. The van der Waals surface area contributed by atoms with Crippen molar-refractivity contribution in [2.45, 2.75) is 19.3 Å². The summed E-state index contributed by atoms with van der Waals surface area (Å²) in [6.45, 7) is 1.62. The number of hydrogen-bond donors (Lipinski definition) is 4. The Morgan fingerprint density at radius 2 is 2.21 bits per heavy atom. The summed E-state index contributed by atoms with van der Waals surface area (Å²) in [5.74, 6) is 1.59. The van der Waals surface area contributed by atoms with Crippen LogP contribution >= 0.6 is 0 Å². The maximum atomic E-state index is 11.7. The van der Waals surface area contributed by atoms with Crippen LogP contribution in [0.1, 0.15) is 19.3 Å². The summed E-state index contributed by atoms with van der Waals surface area (Å²) in [6, 6.07) is 0. The number of nitrogens with two attached hydrogens (primary N) is 1. The molecule has 2 aliphatic rings. The van der Waals surface area contributed by atoms with E-state index in [-0.39, 0.29) is 18.1 Å². The fraction of sp³-hybridized carbons (Fsp3) is 0.667. The van der Waals surface area contributed by atoms with Gasteiger partial charge < -0.3 is 21.1 Å². The van der Waals surface area contributed by atoms with Gasteiger partial charge in [-0.1, -0.05) is 6.42 Å². The summed E-state index contributed by atoms with van der Waals surface area (Å²) >= 11 is 0. The van der Waals surface area contributed by atoms with Crippen LogP contribution < -0.4 is 21.5 Å². The van der Waals surface area contributed by atoms with Crippen molar-refractivity contribution < 1.29 is 5.11 Å². The molecule has 1 aliphatic carbocycles. The lowest BCUT2D eigenvalue weighted by atomic mass is 9.96. The molecule has 0 radical (unpaired) electrons. The Morgan fingerprint density at radius 3 is 3.00 bits per heavy atom.